The molecule has 66 valence electrons. The van der Waals surface area contributed by atoms with Crippen molar-refractivity contribution in [1.82, 2.24) is 4.90 Å². The molecule has 0 rings (SSSR count). The van der Waals surface area contributed by atoms with E-state index in [4.69, 9.17) is 5.11 Å². The highest BCUT2D eigenvalue weighted by Gasteiger charge is 2.30. The van der Waals surface area contributed by atoms with Crippen LogP contribution in [-0.4, -0.2) is 42.3 Å². The number of rotatable bonds is 2. The SMILES string of the molecule is CN(CC(F)(F)F)C(=O)CO. The monoisotopic (exact) mass is 171 g/mol. The van der Waals surface area contributed by atoms with Crippen molar-refractivity contribution in [3.8, 4) is 0 Å². The van der Waals surface area contributed by atoms with Crippen molar-refractivity contribution in [2.24, 2.45) is 0 Å². The van der Waals surface area contributed by atoms with E-state index in [1.807, 2.05) is 0 Å². The highest BCUT2D eigenvalue weighted by atomic mass is 19.4. The van der Waals surface area contributed by atoms with Crippen molar-refractivity contribution in [1.29, 1.82) is 0 Å². The molecule has 0 saturated carbocycles. The summed E-state index contributed by atoms with van der Waals surface area (Å²) in [5, 5.41) is 8.14. The van der Waals surface area contributed by atoms with Gasteiger partial charge in [0.1, 0.15) is 13.2 Å². The van der Waals surface area contributed by atoms with Gasteiger partial charge < -0.3 is 10.0 Å². The molecule has 0 unspecified atom stereocenters. The Labute approximate surface area is 61.4 Å². The van der Waals surface area contributed by atoms with E-state index in [1.54, 1.807) is 0 Å². The van der Waals surface area contributed by atoms with Crippen LogP contribution in [0.25, 0.3) is 0 Å². The van der Waals surface area contributed by atoms with Gasteiger partial charge >= 0.3 is 6.18 Å². The van der Waals surface area contributed by atoms with Crippen molar-refractivity contribution in [2.75, 3.05) is 20.2 Å². The van der Waals surface area contributed by atoms with Crippen LogP contribution in [0.1, 0.15) is 0 Å². The molecule has 0 heterocycles. The van der Waals surface area contributed by atoms with Crippen molar-refractivity contribution >= 4 is 5.91 Å². The number of hydrogen-bond acceptors (Lipinski definition) is 2. The minimum Gasteiger partial charge on any atom is -0.387 e. The fourth-order valence-electron chi connectivity index (χ4n) is 0.478. The number of aliphatic hydroxyl groups is 1. The van der Waals surface area contributed by atoms with Gasteiger partial charge in [0, 0.05) is 7.05 Å². The Morgan fingerprint density at radius 2 is 2.00 bits per heavy atom. The normalized spacial score (nSPS) is 11.4. The highest BCUT2D eigenvalue weighted by molar-refractivity contribution is 5.76. The summed E-state index contributed by atoms with van der Waals surface area (Å²) in [7, 11) is 0.978. The minimum absolute atomic E-state index is 0.417. The lowest BCUT2D eigenvalue weighted by Crippen LogP contribution is -2.37. The highest BCUT2D eigenvalue weighted by Crippen LogP contribution is 2.15. The van der Waals surface area contributed by atoms with Crippen LogP contribution in [0.15, 0.2) is 0 Å². The molecule has 3 nitrogen and oxygen atoms in total. The Morgan fingerprint density at radius 3 is 2.27 bits per heavy atom. The molecule has 1 N–H and O–H groups in total. The molecule has 0 aliphatic rings. The zero-order valence-corrected chi connectivity index (χ0v) is 5.85. The van der Waals surface area contributed by atoms with E-state index >= 15 is 0 Å². The third kappa shape index (κ3) is 4.60. The van der Waals surface area contributed by atoms with Gasteiger partial charge in [0.2, 0.25) is 5.91 Å². The van der Waals surface area contributed by atoms with E-state index in [-0.39, 0.29) is 0 Å². The fourth-order valence-corrected chi connectivity index (χ4v) is 0.478. The number of carbonyl (C=O) groups excluding carboxylic acids is 1. The Hall–Kier alpha value is -0.780. The Bertz CT molecular complexity index is 145. The molecule has 11 heavy (non-hydrogen) atoms. The van der Waals surface area contributed by atoms with Crippen molar-refractivity contribution in [2.45, 2.75) is 6.18 Å². The number of amides is 1. The molecule has 0 aliphatic carbocycles. The molecule has 0 aromatic rings. The number of hydrogen-bond donors (Lipinski definition) is 1. The first kappa shape index (κ1) is 10.2. The van der Waals surface area contributed by atoms with E-state index in [0.29, 0.717) is 4.90 Å². The first-order valence-corrected chi connectivity index (χ1v) is 2.78. The van der Waals surface area contributed by atoms with E-state index in [9.17, 15) is 18.0 Å². The third-order valence-corrected chi connectivity index (χ3v) is 0.977. The molecule has 1 amide bonds. The van der Waals surface area contributed by atoms with Gasteiger partial charge in [0.05, 0.1) is 0 Å². The average Bonchev–Trinajstić information content (AvgIpc) is 1.82. The van der Waals surface area contributed by atoms with Crippen LogP contribution in [0, 0.1) is 0 Å². The second-order valence-electron chi connectivity index (χ2n) is 2.02. The average molecular weight is 171 g/mol. The zero-order valence-electron chi connectivity index (χ0n) is 5.85. The van der Waals surface area contributed by atoms with E-state index in [0.717, 1.165) is 7.05 Å². The van der Waals surface area contributed by atoms with Crippen LogP contribution >= 0.6 is 0 Å². The predicted octanol–water partition coefficient (Wildman–Crippen LogP) is -0.000600. The second-order valence-corrected chi connectivity index (χ2v) is 2.02. The molecular formula is C5H8F3NO2. The predicted molar refractivity (Wildman–Crippen MR) is 30.8 cm³/mol. The third-order valence-electron chi connectivity index (χ3n) is 0.977. The van der Waals surface area contributed by atoms with Crippen LogP contribution in [-0.2, 0) is 4.79 Å². The maximum Gasteiger partial charge on any atom is 0.406 e. The van der Waals surface area contributed by atoms with Gasteiger partial charge in [-0.2, -0.15) is 13.2 Å². The van der Waals surface area contributed by atoms with Crippen LogP contribution in [0.2, 0.25) is 0 Å². The van der Waals surface area contributed by atoms with Crippen LogP contribution in [0.5, 0.6) is 0 Å². The molecule has 0 bridgehead atoms. The van der Waals surface area contributed by atoms with Gasteiger partial charge in [-0.25, -0.2) is 0 Å². The smallest absolute Gasteiger partial charge is 0.387 e. The number of halogens is 3. The van der Waals surface area contributed by atoms with Crippen LogP contribution < -0.4 is 0 Å². The summed E-state index contributed by atoms with van der Waals surface area (Å²) in [4.78, 5) is 10.8. The quantitative estimate of drug-likeness (QED) is 0.635. The largest absolute Gasteiger partial charge is 0.406 e. The number of aliphatic hydroxyl groups excluding tert-OH is 1. The number of nitrogens with zero attached hydrogens (tertiary/aromatic N) is 1. The van der Waals surface area contributed by atoms with Crippen molar-refractivity contribution in [3.05, 3.63) is 0 Å². The number of alkyl halides is 3. The summed E-state index contributed by atoms with van der Waals surface area (Å²) in [6.07, 6.45) is -4.40. The molecule has 6 heteroatoms. The van der Waals surface area contributed by atoms with E-state index < -0.39 is 25.2 Å². The molecule has 0 saturated heterocycles. The van der Waals surface area contributed by atoms with Crippen molar-refractivity contribution < 1.29 is 23.1 Å². The summed E-state index contributed by atoms with van der Waals surface area (Å²) in [6.45, 7) is -2.22. The lowest BCUT2D eigenvalue weighted by molar-refractivity contribution is -0.159. The van der Waals surface area contributed by atoms with E-state index in [1.165, 1.54) is 0 Å². The molecule has 0 aromatic carbocycles. The van der Waals surface area contributed by atoms with Gasteiger partial charge in [0.15, 0.2) is 0 Å². The maximum atomic E-state index is 11.5. The van der Waals surface area contributed by atoms with Gasteiger partial charge in [-0.1, -0.05) is 0 Å². The first-order chi connectivity index (χ1) is 4.87. The summed E-state index contributed by atoms with van der Waals surface area (Å²) < 4.78 is 34.6. The Kier molecular flexibility index (Phi) is 3.31. The van der Waals surface area contributed by atoms with Crippen LogP contribution in [0.4, 0.5) is 13.2 Å². The molecule has 0 aromatic heterocycles. The van der Waals surface area contributed by atoms with Gasteiger partial charge in [-0.3, -0.25) is 4.79 Å². The molecular weight excluding hydrogens is 163 g/mol. The number of carbonyl (C=O) groups is 1. The summed E-state index contributed by atoms with van der Waals surface area (Å²) in [5.41, 5.74) is 0. The first-order valence-electron chi connectivity index (χ1n) is 2.78. The summed E-state index contributed by atoms with van der Waals surface area (Å²) in [5.74, 6) is -0.942. The van der Waals surface area contributed by atoms with Gasteiger partial charge in [-0.05, 0) is 0 Å². The minimum atomic E-state index is -4.40. The topological polar surface area (TPSA) is 40.5 Å². The van der Waals surface area contributed by atoms with Crippen molar-refractivity contribution in [3.63, 3.8) is 0 Å². The number of likely N-dealkylation sites (N-methyl/N-ethyl adjacent to an activating group) is 1. The zero-order chi connectivity index (χ0) is 9.07. The molecule has 0 spiro atoms. The standard InChI is InChI=1S/C5H8F3NO2/c1-9(4(11)2-10)3-5(6,7)8/h10H,2-3H2,1H3. The molecule has 0 radical (unpaired) electrons. The van der Waals surface area contributed by atoms with Gasteiger partial charge in [0.25, 0.3) is 0 Å². The molecule has 0 aliphatic heterocycles. The fraction of sp³-hybridized carbons (Fsp3) is 0.800. The summed E-state index contributed by atoms with van der Waals surface area (Å²) >= 11 is 0. The maximum absolute atomic E-state index is 11.5. The van der Waals surface area contributed by atoms with Gasteiger partial charge in [-0.15, -0.1) is 0 Å². The molecule has 0 atom stereocenters. The Balaban J connectivity index is 3.87. The molecule has 0 fully saturated rings. The summed E-state index contributed by atoms with van der Waals surface area (Å²) in [6, 6.07) is 0. The lowest BCUT2D eigenvalue weighted by Gasteiger charge is -2.17. The van der Waals surface area contributed by atoms with E-state index in [2.05, 4.69) is 0 Å². The Morgan fingerprint density at radius 1 is 1.55 bits per heavy atom. The van der Waals surface area contributed by atoms with Crippen LogP contribution in [0.3, 0.4) is 0 Å². The lowest BCUT2D eigenvalue weighted by atomic mass is 10.5. The second kappa shape index (κ2) is 3.56.